The highest BCUT2D eigenvalue weighted by molar-refractivity contribution is 7.09. The summed E-state index contributed by atoms with van der Waals surface area (Å²) < 4.78 is 21.0. The number of carbonyl (C=O) groups is 1. The van der Waals surface area contributed by atoms with E-state index in [2.05, 4.69) is 14.9 Å². The van der Waals surface area contributed by atoms with Gasteiger partial charge >= 0.3 is 5.97 Å². The van der Waals surface area contributed by atoms with Crippen molar-refractivity contribution in [1.82, 2.24) is 14.9 Å². The highest BCUT2D eigenvalue weighted by Gasteiger charge is 2.37. The van der Waals surface area contributed by atoms with Gasteiger partial charge in [-0.2, -0.15) is 0 Å². The number of piperidine rings is 1. The molecule has 1 unspecified atom stereocenters. The van der Waals surface area contributed by atoms with Gasteiger partial charge in [-0.05, 0) is 88.2 Å². The number of hydrogen-bond acceptors (Lipinski definition) is 6. The molecule has 1 aliphatic rings. The first kappa shape index (κ1) is 26.8. The molecule has 194 valence electrons. The average molecular weight is 534 g/mol. The van der Waals surface area contributed by atoms with Crippen molar-refractivity contribution < 1.29 is 19.0 Å². The number of ether oxygens (including phenoxy) is 1. The van der Waals surface area contributed by atoms with Gasteiger partial charge in [0.1, 0.15) is 11.9 Å². The van der Waals surface area contributed by atoms with E-state index in [0.717, 1.165) is 51.7 Å². The lowest BCUT2D eigenvalue weighted by atomic mass is 9.71. The van der Waals surface area contributed by atoms with Crippen molar-refractivity contribution in [3.8, 4) is 5.75 Å². The first-order valence-electron chi connectivity index (χ1n) is 12.5. The predicted octanol–water partition coefficient (Wildman–Crippen LogP) is 6.72. The summed E-state index contributed by atoms with van der Waals surface area (Å²) in [5, 5.41) is 13.7. The topological polar surface area (TPSA) is 75.6 Å². The molecule has 2 aromatic heterocycles. The molecule has 0 aliphatic carbocycles. The van der Waals surface area contributed by atoms with Crippen molar-refractivity contribution in [2.45, 2.75) is 57.5 Å². The largest absolute Gasteiger partial charge is 0.497 e. The Balaban J connectivity index is 1.37. The van der Waals surface area contributed by atoms with Gasteiger partial charge in [-0.3, -0.25) is 9.78 Å². The number of alkyl halides is 1. The van der Waals surface area contributed by atoms with Crippen molar-refractivity contribution in [1.29, 1.82) is 0 Å². The number of methoxy groups -OCH3 is 1. The number of fused-ring (bicyclic) bond motifs is 1. The van der Waals surface area contributed by atoms with Crippen molar-refractivity contribution in [3.63, 3.8) is 0 Å². The van der Waals surface area contributed by atoms with E-state index >= 15 is 4.39 Å². The normalized spacial score (nSPS) is 16.8. The highest BCUT2D eigenvalue weighted by atomic mass is 35.5. The number of nitrogens with zero attached hydrogens (tertiary/aromatic N) is 3. The van der Waals surface area contributed by atoms with Gasteiger partial charge in [0.15, 0.2) is 0 Å². The van der Waals surface area contributed by atoms with Crippen LogP contribution in [0.15, 0.2) is 36.0 Å². The lowest BCUT2D eigenvalue weighted by molar-refractivity contribution is -0.141. The van der Waals surface area contributed by atoms with E-state index in [1.165, 1.54) is 11.2 Å². The number of rotatable bonds is 12. The summed E-state index contributed by atoms with van der Waals surface area (Å²) in [6.45, 7) is 2.69. The summed E-state index contributed by atoms with van der Waals surface area (Å²) >= 11 is 8.09. The molecule has 1 saturated heterocycles. The molecule has 3 aromatic rings. The summed E-state index contributed by atoms with van der Waals surface area (Å²) in [4.78, 5) is 22.8. The minimum Gasteiger partial charge on any atom is -0.497 e. The molecule has 6 nitrogen and oxygen atoms in total. The van der Waals surface area contributed by atoms with Crippen LogP contribution in [0, 0.1) is 5.41 Å². The molecular formula is C27H33ClFN3O3S. The predicted molar refractivity (Wildman–Crippen MR) is 142 cm³/mol. The summed E-state index contributed by atoms with van der Waals surface area (Å²) in [6.07, 6.45) is 7.52. The second-order valence-corrected chi connectivity index (χ2v) is 11.1. The number of halogens is 2. The lowest BCUT2D eigenvalue weighted by Crippen LogP contribution is -2.41. The zero-order chi connectivity index (χ0) is 25.5. The van der Waals surface area contributed by atoms with E-state index in [1.54, 1.807) is 36.6 Å². The van der Waals surface area contributed by atoms with E-state index in [-0.39, 0.29) is 17.9 Å². The monoisotopic (exact) mass is 533 g/mol. The Morgan fingerprint density at radius 1 is 1.31 bits per heavy atom. The van der Waals surface area contributed by atoms with Gasteiger partial charge in [0, 0.05) is 28.7 Å². The van der Waals surface area contributed by atoms with Crippen LogP contribution in [-0.4, -0.2) is 52.7 Å². The molecular weight excluding hydrogens is 501 g/mol. The van der Waals surface area contributed by atoms with E-state index in [9.17, 15) is 9.90 Å². The maximum atomic E-state index is 15.7. The molecule has 1 atom stereocenters. The van der Waals surface area contributed by atoms with Crippen molar-refractivity contribution in [3.05, 3.63) is 51.6 Å². The molecule has 0 saturated carbocycles. The molecule has 4 rings (SSSR count). The van der Waals surface area contributed by atoms with E-state index in [1.807, 2.05) is 11.6 Å². The van der Waals surface area contributed by atoms with Crippen molar-refractivity contribution in [2.75, 3.05) is 26.7 Å². The van der Waals surface area contributed by atoms with Crippen LogP contribution in [0.5, 0.6) is 5.75 Å². The number of pyridine rings is 1. The van der Waals surface area contributed by atoms with Crippen molar-refractivity contribution >= 4 is 39.8 Å². The van der Waals surface area contributed by atoms with Crippen LogP contribution < -0.4 is 4.74 Å². The number of thiazole rings is 1. The van der Waals surface area contributed by atoms with Crippen molar-refractivity contribution in [2.24, 2.45) is 5.41 Å². The minimum absolute atomic E-state index is 0.0657. The Morgan fingerprint density at radius 3 is 2.81 bits per heavy atom. The molecule has 36 heavy (non-hydrogen) atoms. The lowest BCUT2D eigenvalue weighted by Gasteiger charge is -2.41. The van der Waals surface area contributed by atoms with Crippen LogP contribution in [0.1, 0.15) is 61.7 Å². The quantitative estimate of drug-likeness (QED) is 0.260. The Labute approximate surface area is 220 Å². The van der Waals surface area contributed by atoms with E-state index in [4.69, 9.17) is 16.3 Å². The van der Waals surface area contributed by atoms with Gasteiger partial charge < -0.3 is 14.7 Å². The van der Waals surface area contributed by atoms with E-state index in [0.29, 0.717) is 28.6 Å². The van der Waals surface area contributed by atoms with Crippen LogP contribution in [0.3, 0.4) is 0 Å². The Morgan fingerprint density at radius 2 is 2.11 bits per heavy atom. The first-order chi connectivity index (χ1) is 17.4. The molecule has 1 aliphatic heterocycles. The number of carboxylic acids is 1. The van der Waals surface area contributed by atoms with Crippen LogP contribution >= 0.6 is 22.9 Å². The first-order valence-corrected chi connectivity index (χ1v) is 13.7. The fourth-order valence-electron chi connectivity index (χ4n) is 5.27. The number of aliphatic carboxylic acids is 1. The Hall–Kier alpha value is -2.29. The SMILES string of the molecule is COc1ccc2ncc(Cl)c(C(F)CCC3(CC(=O)O)CCN(CCCCc4nccs4)CC3)c2c1. The van der Waals surface area contributed by atoms with Gasteiger partial charge in [0.25, 0.3) is 0 Å². The number of benzene rings is 1. The molecule has 0 radical (unpaired) electrons. The molecule has 9 heteroatoms. The summed E-state index contributed by atoms with van der Waals surface area (Å²) in [5.41, 5.74) is 0.658. The second kappa shape index (κ2) is 12.3. The molecule has 1 fully saturated rings. The second-order valence-electron chi connectivity index (χ2n) is 9.70. The number of carboxylic acid groups (broad SMARTS) is 1. The third-order valence-electron chi connectivity index (χ3n) is 7.35. The molecule has 3 heterocycles. The van der Waals surface area contributed by atoms with Crippen LogP contribution in [-0.2, 0) is 11.2 Å². The van der Waals surface area contributed by atoms with Crippen LogP contribution in [0.25, 0.3) is 10.9 Å². The maximum absolute atomic E-state index is 15.7. The van der Waals surface area contributed by atoms with Crippen LogP contribution in [0.2, 0.25) is 5.02 Å². The fraction of sp³-hybridized carbons (Fsp3) is 0.519. The smallest absolute Gasteiger partial charge is 0.303 e. The van der Waals surface area contributed by atoms with Gasteiger partial charge in [-0.1, -0.05) is 11.6 Å². The third-order valence-corrected chi connectivity index (χ3v) is 8.49. The molecule has 1 N–H and O–H groups in total. The van der Waals surface area contributed by atoms with Gasteiger partial charge in [0.2, 0.25) is 0 Å². The number of likely N-dealkylation sites (tertiary alicyclic amines) is 1. The zero-order valence-electron chi connectivity index (χ0n) is 20.6. The summed E-state index contributed by atoms with van der Waals surface area (Å²) in [7, 11) is 1.56. The zero-order valence-corrected chi connectivity index (χ0v) is 22.2. The molecule has 0 amide bonds. The third kappa shape index (κ3) is 6.72. The molecule has 1 aromatic carbocycles. The number of hydrogen-bond donors (Lipinski definition) is 1. The van der Waals surface area contributed by atoms with Gasteiger partial charge in [-0.25, -0.2) is 9.37 Å². The fourth-order valence-corrected chi connectivity index (χ4v) is 6.20. The van der Waals surface area contributed by atoms with Gasteiger partial charge in [-0.15, -0.1) is 11.3 Å². The summed E-state index contributed by atoms with van der Waals surface area (Å²) in [5.74, 6) is -0.208. The summed E-state index contributed by atoms with van der Waals surface area (Å²) in [6, 6.07) is 5.34. The standard InChI is InChI=1S/C27H33ClFN3O3S/c1-35-19-5-6-23-20(16-19)26(21(28)18-31-23)22(29)7-8-27(17-25(33)34)9-13-32(14-10-27)12-3-2-4-24-30-11-15-36-24/h5-6,11,15-16,18,22H,2-4,7-10,12-14,17H2,1H3,(H,33,34). The maximum Gasteiger partial charge on any atom is 0.303 e. The number of aryl methyl sites for hydroxylation is 1. The van der Waals surface area contributed by atoms with Gasteiger partial charge in [0.05, 0.1) is 29.1 Å². The Kier molecular flexibility index (Phi) is 9.14. The number of aromatic nitrogens is 2. The minimum atomic E-state index is -1.32. The highest BCUT2D eigenvalue weighted by Crippen LogP contribution is 2.44. The Bertz CT molecular complexity index is 1150. The van der Waals surface area contributed by atoms with Crippen LogP contribution in [0.4, 0.5) is 4.39 Å². The molecule has 0 bridgehead atoms. The van der Waals surface area contributed by atoms with E-state index < -0.39 is 17.6 Å². The number of unbranched alkanes of at least 4 members (excludes halogenated alkanes) is 1. The average Bonchev–Trinajstić information content (AvgIpc) is 3.39. The molecule has 0 spiro atoms.